The van der Waals surface area contributed by atoms with E-state index in [4.69, 9.17) is 0 Å². The Kier molecular flexibility index (Phi) is 5.36. The molecule has 1 aliphatic carbocycles. The number of carbonyl (C=O) groups is 1. The normalized spacial score (nSPS) is 14.7. The first-order valence-corrected chi connectivity index (χ1v) is 9.14. The number of nitro benzene ring substituents is 1. The first kappa shape index (κ1) is 18.1. The van der Waals surface area contributed by atoms with E-state index in [1.165, 1.54) is 23.9 Å². The molecule has 26 heavy (non-hydrogen) atoms. The maximum Gasteiger partial charge on any atom is 0.292 e. The Morgan fingerprint density at radius 1 is 1.50 bits per heavy atom. The minimum absolute atomic E-state index is 0.135. The summed E-state index contributed by atoms with van der Waals surface area (Å²) >= 11 is 1.28. The molecule has 0 bridgehead atoms. The van der Waals surface area contributed by atoms with Crippen LogP contribution >= 0.6 is 11.8 Å². The van der Waals surface area contributed by atoms with Gasteiger partial charge in [-0.2, -0.15) is 0 Å². The third-order valence-electron chi connectivity index (χ3n) is 4.01. The van der Waals surface area contributed by atoms with E-state index in [9.17, 15) is 14.9 Å². The van der Waals surface area contributed by atoms with Gasteiger partial charge in [0, 0.05) is 18.5 Å². The summed E-state index contributed by atoms with van der Waals surface area (Å²) in [7, 11) is 0. The van der Waals surface area contributed by atoms with Crippen LogP contribution in [0, 0.1) is 10.1 Å². The summed E-state index contributed by atoms with van der Waals surface area (Å²) in [6.07, 6.45) is 3.98. The van der Waals surface area contributed by atoms with Crippen molar-refractivity contribution in [1.82, 2.24) is 14.8 Å². The molecule has 1 aliphatic rings. The van der Waals surface area contributed by atoms with Gasteiger partial charge in [-0.25, -0.2) is 0 Å². The number of nitro groups is 1. The number of hydrogen-bond donors (Lipinski definition) is 1. The number of nitrogens with one attached hydrogen (secondary N) is 1. The number of thioether (sulfide) groups is 1. The van der Waals surface area contributed by atoms with Gasteiger partial charge < -0.3 is 9.88 Å². The number of allylic oxidation sites excluding steroid dienone is 1. The van der Waals surface area contributed by atoms with Crippen molar-refractivity contribution in [2.45, 2.75) is 42.6 Å². The van der Waals surface area contributed by atoms with E-state index in [1.807, 2.05) is 4.57 Å². The molecule has 9 heteroatoms. The Morgan fingerprint density at radius 3 is 2.88 bits per heavy atom. The van der Waals surface area contributed by atoms with E-state index in [-0.39, 0.29) is 17.3 Å². The average Bonchev–Trinajstić information content (AvgIpc) is 3.39. The minimum atomic E-state index is -0.518. The minimum Gasteiger partial charge on any atom is -0.319 e. The maximum atomic E-state index is 12.5. The van der Waals surface area contributed by atoms with E-state index in [1.54, 1.807) is 25.1 Å². The Labute approximate surface area is 154 Å². The van der Waals surface area contributed by atoms with Gasteiger partial charge in [-0.05, 0) is 25.8 Å². The summed E-state index contributed by atoms with van der Waals surface area (Å²) in [6.45, 7) is 6.08. The van der Waals surface area contributed by atoms with Crippen molar-refractivity contribution >= 4 is 29.0 Å². The van der Waals surface area contributed by atoms with E-state index in [0.717, 1.165) is 18.7 Å². The molecule has 0 aliphatic heterocycles. The monoisotopic (exact) mass is 373 g/mol. The molecule has 1 aromatic carbocycles. The highest BCUT2D eigenvalue weighted by atomic mass is 32.2. The average molecular weight is 373 g/mol. The lowest BCUT2D eigenvalue weighted by Gasteiger charge is -2.13. The van der Waals surface area contributed by atoms with Crippen LogP contribution in [-0.4, -0.2) is 30.8 Å². The van der Waals surface area contributed by atoms with E-state index in [0.29, 0.717) is 17.6 Å². The second kappa shape index (κ2) is 7.69. The van der Waals surface area contributed by atoms with Crippen molar-refractivity contribution in [1.29, 1.82) is 0 Å². The molecule has 1 aromatic heterocycles. The molecule has 3 rings (SSSR count). The van der Waals surface area contributed by atoms with Crippen molar-refractivity contribution in [3.63, 3.8) is 0 Å². The second-order valence-corrected chi connectivity index (χ2v) is 7.35. The van der Waals surface area contributed by atoms with Crippen LogP contribution in [0.25, 0.3) is 0 Å². The molecule has 1 N–H and O–H groups in total. The fourth-order valence-corrected chi connectivity index (χ4v) is 3.38. The Morgan fingerprint density at radius 2 is 2.23 bits per heavy atom. The number of benzene rings is 1. The standard InChI is InChI=1S/C17H19N5O3S/c1-3-10-21-15(12-8-9-12)19-20-17(21)26-11(2)16(23)18-13-6-4-5-7-14(13)22(24)25/h3-7,11-12H,1,8-10H2,2H3,(H,18,23). The number of amides is 1. The Hall–Kier alpha value is -2.68. The predicted molar refractivity (Wildman–Crippen MR) is 99.2 cm³/mol. The molecule has 1 unspecified atom stereocenters. The number of rotatable bonds is 8. The first-order chi connectivity index (χ1) is 12.5. The van der Waals surface area contributed by atoms with Crippen LogP contribution in [-0.2, 0) is 11.3 Å². The zero-order valence-electron chi connectivity index (χ0n) is 14.3. The number of para-hydroxylation sites is 2. The van der Waals surface area contributed by atoms with Gasteiger partial charge >= 0.3 is 0 Å². The fourth-order valence-electron chi connectivity index (χ4n) is 2.52. The number of carbonyl (C=O) groups excluding carboxylic acids is 1. The van der Waals surface area contributed by atoms with Crippen LogP contribution in [0.15, 0.2) is 42.1 Å². The molecule has 2 aromatic rings. The van der Waals surface area contributed by atoms with Gasteiger partial charge in [-0.15, -0.1) is 16.8 Å². The third kappa shape index (κ3) is 3.93. The molecule has 0 saturated heterocycles. The molecule has 0 spiro atoms. The molecular weight excluding hydrogens is 354 g/mol. The summed E-state index contributed by atoms with van der Waals surface area (Å²) in [4.78, 5) is 23.0. The fraction of sp³-hybridized carbons (Fsp3) is 0.353. The number of aromatic nitrogens is 3. The van der Waals surface area contributed by atoms with Gasteiger partial charge in [-0.1, -0.05) is 30.0 Å². The lowest BCUT2D eigenvalue weighted by atomic mass is 10.2. The summed E-state index contributed by atoms with van der Waals surface area (Å²) in [6, 6.07) is 6.07. The molecule has 1 fully saturated rings. The molecule has 8 nitrogen and oxygen atoms in total. The molecule has 1 saturated carbocycles. The lowest BCUT2D eigenvalue weighted by Crippen LogP contribution is -2.23. The zero-order valence-corrected chi connectivity index (χ0v) is 15.1. The number of hydrogen-bond acceptors (Lipinski definition) is 6. The molecule has 1 amide bonds. The third-order valence-corrected chi connectivity index (χ3v) is 5.09. The molecule has 1 atom stereocenters. The van der Waals surface area contributed by atoms with Crippen molar-refractivity contribution < 1.29 is 9.72 Å². The van der Waals surface area contributed by atoms with Gasteiger partial charge in [0.05, 0.1) is 10.2 Å². The van der Waals surface area contributed by atoms with Crippen LogP contribution in [0.2, 0.25) is 0 Å². The van der Waals surface area contributed by atoms with Gasteiger partial charge in [0.25, 0.3) is 5.69 Å². The van der Waals surface area contributed by atoms with Gasteiger partial charge in [0.2, 0.25) is 5.91 Å². The Bertz CT molecular complexity index is 847. The maximum absolute atomic E-state index is 12.5. The van der Waals surface area contributed by atoms with Gasteiger partial charge in [0.1, 0.15) is 11.5 Å². The van der Waals surface area contributed by atoms with E-state index < -0.39 is 10.2 Å². The molecule has 136 valence electrons. The quantitative estimate of drug-likeness (QED) is 0.329. The van der Waals surface area contributed by atoms with E-state index in [2.05, 4.69) is 22.1 Å². The summed E-state index contributed by atoms with van der Waals surface area (Å²) in [5.41, 5.74) is 0.0464. The lowest BCUT2D eigenvalue weighted by molar-refractivity contribution is -0.383. The van der Waals surface area contributed by atoms with Crippen molar-refractivity contribution in [2.24, 2.45) is 0 Å². The molecule has 0 radical (unpaired) electrons. The van der Waals surface area contributed by atoms with Crippen molar-refractivity contribution in [3.8, 4) is 0 Å². The molecular formula is C17H19N5O3S. The summed E-state index contributed by atoms with van der Waals surface area (Å²) < 4.78 is 1.98. The highest BCUT2D eigenvalue weighted by Crippen LogP contribution is 2.40. The summed E-state index contributed by atoms with van der Waals surface area (Å²) in [5, 5.41) is 22.3. The molecule has 1 heterocycles. The summed E-state index contributed by atoms with van der Waals surface area (Å²) in [5.74, 6) is 1.04. The smallest absolute Gasteiger partial charge is 0.292 e. The van der Waals surface area contributed by atoms with Crippen LogP contribution in [0.3, 0.4) is 0 Å². The van der Waals surface area contributed by atoms with E-state index >= 15 is 0 Å². The highest BCUT2D eigenvalue weighted by Gasteiger charge is 2.31. The number of nitrogens with zero attached hydrogens (tertiary/aromatic N) is 4. The van der Waals surface area contributed by atoms with Crippen LogP contribution in [0.4, 0.5) is 11.4 Å². The van der Waals surface area contributed by atoms with Crippen molar-refractivity contribution in [3.05, 3.63) is 52.9 Å². The van der Waals surface area contributed by atoms with Crippen LogP contribution < -0.4 is 5.32 Å². The van der Waals surface area contributed by atoms with Gasteiger partial charge in [-0.3, -0.25) is 14.9 Å². The zero-order chi connectivity index (χ0) is 18.7. The second-order valence-electron chi connectivity index (χ2n) is 6.04. The highest BCUT2D eigenvalue weighted by molar-refractivity contribution is 8.00. The van der Waals surface area contributed by atoms with Gasteiger partial charge in [0.15, 0.2) is 5.16 Å². The van der Waals surface area contributed by atoms with Crippen LogP contribution in [0.5, 0.6) is 0 Å². The number of anilines is 1. The topological polar surface area (TPSA) is 103 Å². The van der Waals surface area contributed by atoms with Crippen LogP contribution in [0.1, 0.15) is 31.5 Å². The SMILES string of the molecule is C=CCn1c(SC(C)C(=O)Nc2ccccc2[N+](=O)[O-])nnc1C1CC1. The Balaban J connectivity index is 1.72. The largest absolute Gasteiger partial charge is 0.319 e. The first-order valence-electron chi connectivity index (χ1n) is 8.26. The predicted octanol–water partition coefficient (Wildman–Crippen LogP) is 3.37. The van der Waals surface area contributed by atoms with Crippen molar-refractivity contribution in [2.75, 3.05) is 5.32 Å².